The van der Waals surface area contributed by atoms with Gasteiger partial charge in [0.25, 0.3) is 0 Å². The van der Waals surface area contributed by atoms with E-state index in [2.05, 4.69) is 158 Å². The Labute approximate surface area is 594 Å². The van der Waals surface area contributed by atoms with E-state index in [1.807, 2.05) is 76.3 Å². The molecule has 1 aliphatic carbocycles. The molecular weight excluding hydrogens is 1250 g/mol. The maximum atomic E-state index is 9.37. The zero-order valence-corrected chi connectivity index (χ0v) is 64.2. The Kier molecular flexibility index (Phi) is 25.7. The predicted octanol–water partition coefficient (Wildman–Crippen LogP) is 17.4. The highest BCUT2D eigenvalue weighted by Crippen LogP contribution is 2.50. The van der Waals surface area contributed by atoms with Crippen LogP contribution in [0.2, 0.25) is 0 Å². The summed E-state index contributed by atoms with van der Waals surface area (Å²) < 4.78 is 24.7. The van der Waals surface area contributed by atoms with Crippen molar-refractivity contribution in [3.63, 3.8) is 0 Å². The fraction of sp³-hybridized carbons (Fsp3) is 0.422. The quantitative estimate of drug-likeness (QED) is 0.0455. The minimum Gasteiger partial charge on any atom is -0.495 e. The number of anilines is 6. The normalized spacial score (nSPS) is 12.6. The number of rotatable bonds is 14. The van der Waals surface area contributed by atoms with Crippen LogP contribution in [-0.2, 0) is 33.6 Å². The van der Waals surface area contributed by atoms with Gasteiger partial charge in [0.05, 0.1) is 62.1 Å². The lowest BCUT2D eigenvalue weighted by Crippen LogP contribution is -2.06. The fourth-order valence-electron chi connectivity index (χ4n) is 15.1. The molecule has 0 radical (unpaired) electrons. The molecule has 0 spiro atoms. The molecule has 5 aromatic heterocycles. The summed E-state index contributed by atoms with van der Waals surface area (Å²) in [4.78, 5) is 3.28. The van der Waals surface area contributed by atoms with Gasteiger partial charge in [0.15, 0.2) is 0 Å². The van der Waals surface area contributed by atoms with Gasteiger partial charge in [-0.15, -0.1) is 0 Å². The Bertz CT molecular complexity index is 4770. The second-order valence-electron chi connectivity index (χ2n) is 27.6. The van der Waals surface area contributed by atoms with Gasteiger partial charge in [-0.2, -0.15) is 0 Å². The molecule has 16 N–H and O–H groups in total. The zero-order chi connectivity index (χ0) is 74.4. The molecular formula is C83H117N11O6. The van der Waals surface area contributed by atoms with Gasteiger partial charge in [-0.1, -0.05) is 79.2 Å². The van der Waals surface area contributed by atoms with Crippen molar-refractivity contribution in [2.75, 3.05) is 75.6 Å². The monoisotopic (exact) mass is 1360 g/mol. The van der Waals surface area contributed by atoms with Crippen LogP contribution in [0.25, 0.3) is 60.1 Å². The molecule has 6 aromatic carbocycles. The van der Waals surface area contributed by atoms with Gasteiger partial charge in [0.2, 0.25) is 0 Å². The number of ether oxygens (including phenoxy) is 3. The first-order valence-electron chi connectivity index (χ1n) is 35.2. The summed E-state index contributed by atoms with van der Waals surface area (Å²) in [6.07, 6.45) is 2.84. The van der Waals surface area contributed by atoms with Crippen LogP contribution in [0, 0.1) is 62.3 Å². The van der Waals surface area contributed by atoms with E-state index >= 15 is 0 Å². The number of aryl methyl sites for hydroxylation is 8. The molecule has 0 saturated heterocycles. The maximum Gasteiger partial charge on any atom is 0.143 e. The molecule has 12 rings (SSSR count). The molecule has 1 unspecified atom stereocenters. The van der Waals surface area contributed by atoms with E-state index in [9.17, 15) is 10.2 Å². The molecule has 0 aliphatic heterocycles. The Morgan fingerprint density at radius 1 is 0.430 bits per heavy atom. The number of fused-ring (bicyclic) bond motifs is 6. The van der Waals surface area contributed by atoms with E-state index in [0.717, 1.165) is 126 Å². The number of nitrogens with zero attached hydrogens (tertiary/aromatic N) is 4. The van der Waals surface area contributed by atoms with Gasteiger partial charge in [0.1, 0.15) is 17.2 Å². The number of nitrogen functional groups attached to an aromatic ring is 6. The predicted molar refractivity (Wildman–Crippen MR) is 426 cm³/mol. The molecule has 0 bridgehead atoms. The van der Waals surface area contributed by atoms with Gasteiger partial charge < -0.3 is 87.2 Å². The third kappa shape index (κ3) is 14.7. The summed E-state index contributed by atoms with van der Waals surface area (Å²) in [5, 5.41) is 33.4. The minimum absolute atomic E-state index is 0.0992. The van der Waals surface area contributed by atoms with E-state index in [1.165, 1.54) is 94.7 Å². The molecule has 540 valence electrons. The maximum absolute atomic E-state index is 9.37. The van der Waals surface area contributed by atoms with Crippen LogP contribution in [-0.4, -0.2) is 79.7 Å². The Balaban J connectivity index is 0.000000169. The molecule has 0 fully saturated rings. The van der Waals surface area contributed by atoms with Gasteiger partial charge in [0, 0.05) is 135 Å². The minimum atomic E-state index is 0.0992. The summed E-state index contributed by atoms with van der Waals surface area (Å²) in [5.74, 6) is 4.30. The van der Waals surface area contributed by atoms with Gasteiger partial charge >= 0.3 is 0 Å². The number of methoxy groups -OCH3 is 3. The number of H-pyrrole nitrogens is 1. The van der Waals surface area contributed by atoms with Crippen LogP contribution in [0.4, 0.5) is 34.1 Å². The van der Waals surface area contributed by atoms with Crippen LogP contribution in [0.3, 0.4) is 0 Å². The summed E-state index contributed by atoms with van der Waals surface area (Å²) in [6.45, 7) is 40.3. The number of hydrogen-bond acceptors (Lipinski definition) is 12. The second-order valence-corrected chi connectivity index (χ2v) is 27.6. The standard InChI is InChI=1S/C17H25NO.C15H22N2O.C15H22N2.C13H18N2O2.C12H16N2O.C11H14N2O/c1-5-12-11(4)14(8-9-19)16-13(10(2)3)6-7-15(18)17(12)16;1-9(2)12-5-6-13(16)14-10(3)11(4)17(7-8-18)15(12)14;1-6-11-10(4)17(5)15-12(9(2)3)7-8-13(16)14(11)15;1-8-9(2)15(6-7-16)13-11(17-3)5-4-10(14)12(8)13;1-7-8(2)14(3)12-10(15-4)6-5-9(13)11(7)12;1-6-7(2)13-11-9(14-3)5-4-8(12)10(6)11/h6-7,10,14,19H,5,8-9,18H2,1-4H3;5-6,9,18H,7-8,16H2,1-4H3;7-9H,6,16H2,1-5H3;4-5,16H,6-7,14H2,1-3H3;5-6H,13H2,1-4H3;4-5,13H,12H2,1-3H3. The fourth-order valence-corrected chi connectivity index (χ4v) is 15.1. The summed E-state index contributed by atoms with van der Waals surface area (Å²) in [6, 6.07) is 23.8. The number of nitrogens with two attached hydrogens (primary N) is 6. The van der Waals surface area contributed by atoms with Gasteiger partial charge in [-0.25, -0.2) is 0 Å². The van der Waals surface area contributed by atoms with Crippen molar-refractivity contribution in [1.82, 2.24) is 23.3 Å². The van der Waals surface area contributed by atoms with E-state index in [4.69, 9.17) is 53.7 Å². The average Bonchev–Trinajstić information content (AvgIpc) is 1.64. The molecule has 1 aliphatic rings. The van der Waals surface area contributed by atoms with Crippen molar-refractivity contribution in [3.8, 4) is 17.2 Å². The lowest BCUT2D eigenvalue weighted by atomic mass is 9.85. The second kappa shape index (κ2) is 32.9. The third-order valence-electron chi connectivity index (χ3n) is 21.1. The van der Waals surface area contributed by atoms with Crippen molar-refractivity contribution in [3.05, 3.63) is 162 Å². The largest absolute Gasteiger partial charge is 0.495 e. The molecule has 0 amide bonds. The van der Waals surface area contributed by atoms with Crippen molar-refractivity contribution < 1.29 is 29.5 Å². The van der Waals surface area contributed by atoms with E-state index in [0.29, 0.717) is 36.8 Å². The summed E-state index contributed by atoms with van der Waals surface area (Å²) in [5.41, 5.74) is 68.6. The Hall–Kier alpha value is -9.16. The number of aliphatic hydroxyl groups excluding tert-OH is 3. The first-order chi connectivity index (χ1) is 47.3. The highest BCUT2D eigenvalue weighted by Gasteiger charge is 2.32. The molecule has 11 aromatic rings. The van der Waals surface area contributed by atoms with Crippen LogP contribution < -0.4 is 48.6 Å². The molecule has 17 heteroatoms. The Morgan fingerprint density at radius 3 is 1.30 bits per heavy atom. The number of aliphatic hydroxyl groups is 3. The van der Waals surface area contributed by atoms with Crippen molar-refractivity contribution in [2.24, 2.45) is 14.1 Å². The first-order valence-corrected chi connectivity index (χ1v) is 35.2. The zero-order valence-electron chi connectivity index (χ0n) is 64.2. The molecule has 100 heavy (non-hydrogen) atoms. The number of nitrogens with one attached hydrogen (secondary N) is 1. The molecule has 1 atom stereocenters. The lowest BCUT2D eigenvalue weighted by molar-refractivity contribution is 0.276. The van der Waals surface area contributed by atoms with Crippen LogP contribution in [0.15, 0.2) is 78.4 Å². The first kappa shape index (κ1) is 78.2. The van der Waals surface area contributed by atoms with Crippen molar-refractivity contribution in [2.45, 2.75) is 181 Å². The number of hydrogen-bond donors (Lipinski definition) is 10. The van der Waals surface area contributed by atoms with E-state index in [-0.39, 0.29) is 19.8 Å². The number of allylic oxidation sites excluding steroid dienone is 2. The summed E-state index contributed by atoms with van der Waals surface area (Å²) >= 11 is 0. The molecule has 0 saturated carbocycles. The van der Waals surface area contributed by atoms with Gasteiger partial charge in [-0.3, -0.25) is 0 Å². The average molecular weight is 1360 g/mol. The number of aromatic nitrogens is 5. The smallest absolute Gasteiger partial charge is 0.143 e. The van der Waals surface area contributed by atoms with E-state index in [1.54, 1.807) is 21.3 Å². The van der Waals surface area contributed by atoms with Crippen LogP contribution >= 0.6 is 0 Å². The summed E-state index contributed by atoms with van der Waals surface area (Å²) in [7, 11) is 9.17. The topological polar surface area (TPSA) is 280 Å². The van der Waals surface area contributed by atoms with Crippen molar-refractivity contribution in [1.29, 1.82) is 0 Å². The number of aromatic amines is 1. The lowest BCUT2D eigenvalue weighted by Gasteiger charge is -2.20. The van der Waals surface area contributed by atoms with Crippen LogP contribution in [0.1, 0.15) is 183 Å². The molecule has 5 heterocycles. The highest BCUT2D eigenvalue weighted by molar-refractivity contribution is 6.02. The number of benzene rings is 6. The van der Waals surface area contributed by atoms with Crippen LogP contribution in [0.5, 0.6) is 17.2 Å². The highest BCUT2D eigenvalue weighted by atomic mass is 16.5. The third-order valence-corrected chi connectivity index (χ3v) is 21.1. The van der Waals surface area contributed by atoms with E-state index < -0.39 is 0 Å². The Morgan fingerprint density at radius 2 is 0.830 bits per heavy atom. The van der Waals surface area contributed by atoms with Gasteiger partial charge in [-0.05, 0) is 216 Å². The SMILES string of the molecule is CCC1=C(C)C(CCO)c2c(C(C)C)ccc(N)c21.CCc1c(C)n(C)c2c(C(C)C)ccc(N)c12.COc1ccc(N)c2c(C)c(C)[nH]c12.COc1ccc(N)c2c(C)c(C)n(C)c12.COc1ccc(N)c2c(C)c(C)n(CCO)c12.Cc1c(C)n(CCO)c2c(C(C)C)ccc(N)c12. The van der Waals surface area contributed by atoms with Crippen molar-refractivity contribution >= 4 is 94.2 Å². The molecule has 17 nitrogen and oxygen atoms in total.